The summed E-state index contributed by atoms with van der Waals surface area (Å²) >= 11 is 1.47. The van der Waals surface area contributed by atoms with Crippen LogP contribution < -0.4 is 10.2 Å². The van der Waals surface area contributed by atoms with Crippen LogP contribution in [-0.4, -0.2) is 37.2 Å². The normalized spacial score (nSPS) is 14.6. The van der Waals surface area contributed by atoms with Gasteiger partial charge < -0.3 is 15.0 Å². The lowest BCUT2D eigenvalue weighted by Gasteiger charge is -2.29. The quantitative estimate of drug-likeness (QED) is 0.759. The molecule has 6 heteroatoms. The maximum atomic E-state index is 12.7. The summed E-state index contributed by atoms with van der Waals surface area (Å²) in [4.78, 5) is 19.7. The fraction of sp³-hybridized carbons (Fsp3) is 0.300. The molecule has 1 saturated heterocycles. The van der Waals surface area contributed by atoms with Gasteiger partial charge in [-0.2, -0.15) is 0 Å². The third kappa shape index (κ3) is 3.30. The topological polar surface area (TPSA) is 54.5 Å². The number of anilines is 2. The SMILES string of the molecule is CCc1ccc(N2CCOCC2)c2sc(C(=O)Nc3ccccc3)nc12. The molecule has 0 radical (unpaired) electrons. The molecule has 26 heavy (non-hydrogen) atoms. The summed E-state index contributed by atoms with van der Waals surface area (Å²) in [5.74, 6) is -0.160. The Balaban J connectivity index is 1.71. The van der Waals surface area contributed by atoms with E-state index in [0.717, 1.165) is 54.3 Å². The number of nitrogens with one attached hydrogen (secondary N) is 1. The van der Waals surface area contributed by atoms with Gasteiger partial charge in [0.15, 0.2) is 5.01 Å². The van der Waals surface area contributed by atoms with Crippen molar-refractivity contribution in [1.82, 2.24) is 4.98 Å². The Morgan fingerprint density at radius 2 is 1.96 bits per heavy atom. The average molecular weight is 367 g/mol. The summed E-state index contributed by atoms with van der Waals surface area (Å²) in [5, 5.41) is 3.43. The van der Waals surface area contributed by atoms with Gasteiger partial charge >= 0.3 is 0 Å². The van der Waals surface area contributed by atoms with E-state index in [9.17, 15) is 4.79 Å². The first-order chi connectivity index (χ1) is 12.8. The zero-order chi connectivity index (χ0) is 17.9. The molecule has 4 rings (SSSR count). The molecule has 1 aliphatic heterocycles. The minimum absolute atomic E-state index is 0.160. The number of aromatic nitrogens is 1. The van der Waals surface area contributed by atoms with Gasteiger partial charge in [-0.1, -0.05) is 31.2 Å². The number of hydrogen-bond acceptors (Lipinski definition) is 5. The van der Waals surface area contributed by atoms with Crippen LogP contribution in [0.5, 0.6) is 0 Å². The highest BCUT2D eigenvalue weighted by Gasteiger charge is 2.20. The average Bonchev–Trinajstić information content (AvgIpc) is 3.14. The molecule has 1 fully saturated rings. The lowest BCUT2D eigenvalue weighted by atomic mass is 10.1. The molecule has 3 aromatic rings. The number of thiazole rings is 1. The van der Waals surface area contributed by atoms with Gasteiger partial charge in [0.1, 0.15) is 0 Å². The fourth-order valence-electron chi connectivity index (χ4n) is 3.19. The van der Waals surface area contributed by atoms with E-state index in [0.29, 0.717) is 5.01 Å². The Hall–Kier alpha value is -2.44. The Morgan fingerprint density at radius 3 is 2.69 bits per heavy atom. The number of amides is 1. The molecular formula is C20H21N3O2S. The highest BCUT2D eigenvalue weighted by molar-refractivity contribution is 7.21. The third-order valence-corrected chi connectivity index (χ3v) is 5.64. The third-order valence-electron chi connectivity index (χ3n) is 4.56. The van der Waals surface area contributed by atoms with Crippen LogP contribution in [0.2, 0.25) is 0 Å². The molecule has 1 aromatic heterocycles. The first-order valence-electron chi connectivity index (χ1n) is 8.88. The molecule has 134 valence electrons. The van der Waals surface area contributed by atoms with Crippen molar-refractivity contribution >= 4 is 38.8 Å². The number of hydrogen-bond donors (Lipinski definition) is 1. The fourth-order valence-corrected chi connectivity index (χ4v) is 4.24. The molecule has 0 aliphatic carbocycles. The van der Waals surface area contributed by atoms with Crippen molar-refractivity contribution in [1.29, 1.82) is 0 Å². The van der Waals surface area contributed by atoms with Gasteiger partial charge in [-0.25, -0.2) is 4.98 Å². The number of nitrogens with zero attached hydrogens (tertiary/aromatic N) is 2. The van der Waals surface area contributed by atoms with Crippen LogP contribution in [0.15, 0.2) is 42.5 Å². The van der Waals surface area contributed by atoms with E-state index >= 15 is 0 Å². The number of fused-ring (bicyclic) bond motifs is 1. The molecular weight excluding hydrogens is 346 g/mol. The number of carbonyl (C=O) groups excluding carboxylic acids is 1. The van der Waals surface area contributed by atoms with Crippen LogP contribution in [-0.2, 0) is 11.2 Å². The number of benzene rings is 2. The van der Waals surface area contributed by atoms with E-state index in [1.54, 1.807) is 0 Å². The molecule has 0 unspecified atom stereocenters. The number of rotatable bonds is 4. The molecule has 5 nitrogen and oxygen atoms in total. The van der Waals surface area contributed by atoms with E-state index in [1.165, 1.54) is 16.9 Å². The van der Waals surface area contributed by atoms with Gasteiger partial charge in [-0.05, 0) is 30.2 Å². The van der Waals surface area contributed by atoms with Gasteiger partial charge in [0.2, 0.25) is 0 Å². The lowest BCUT2D eigenvalue weighted by molar-refractivity contribution is 0.102. The molecule has 0 spiro atoms. The van der Waals surface area contributed by atoms with Gasteiger partial charge in [0, 0.05) is 18.8 Å². The van der Waals surface area contributed by atoms with Crippen LogP contribution >= 0.6 is 11.3 Å². The summed E-state index contributed by atoms with van der Waals surface area (Å²) in [5.41, 5.74) is 4.05. The van der Waals surface area contributed by atoms with Crippen LogP contribution in [0.1, 0.15) is 22.3 Å². The first kappa shape index (κ1) is 17.0. The minimum atomic E-state index is -0.160. The van der Waals surface area contributed by atoms with Crippen molar-refractivity contribution in [3.63, 3.8) is 0 Å². The number of ether oxygens (including phenoxy) is 1. The Bertz CT molecular complexity index is 917. The second kappa shape index (κ2) is 7.43. The van der Waals surface area contributed by atoms with Crippen molar-refractivity contribution in [2.24, 2.45) is 0 Å². The zero-order valence-corrected chi connectivity index (χ0v) is 15.5. The van der Waals surface area contributed by atoms with Crippen LogP contribution in [0.3, 0.4) is 0 Å². The van der Waals surface area contributed by atoms with Crippen molar-refractivity contribution in [3.8, 4) is 0 Å². The maximum Gasteiger partial charge on any atom is 0.284 e. The number of para-hydroxylation sites is 1. The second-order valence-electron chi connectivity index (χ2n) is 6.21. The van der Waals surface area contributed by atoms with Gasteiger partial charge in [-0.3, -0.25) is 4.79 Å². The Morgan fingerprint density at radius 1 is 1.19 bits per heavy atom. The smallest absolute Gasteiger partial charge is 0.284 e. The van der Waals surface area contributed by atoms with Gasteiger partial charge in [0.25, 0.3) is 5.91 Å². The van der Waals surface area contributed by atoms with Crippen molar-refractivity contribution < 1.29 is 9.53 Å². The Kier molecular flexibility index (Phi) is 4.86. The molecule has 1 amide bonds. The molecule has 1 N–H and O–H groups in total. The van der Waals surface area contributed by atoms with E-state index in [2.05, 4.69) is 34.3 Å². The van der Waals surface area contributed by atoms with E-state index < -0.39 is 0 Å². The standard InChI is InChI=1S/C20H21N3O2S/c1-2-14-8-9-16(23-10-12-25-13-11-23)18-17(14)22-20(26-18)19(24)21-15-6-4-3-5-7-15/h3-9H,2,10-13H2,1H3,(H,21,24). The highest BCUT2D eigenvalue weighted by atomic mass is 32.1. The van der Waals surface area contributed by atoms with Crippen molar-refractivity contribution in [2.75, 3.05) is 36.5 Å². The minimum Gasteiger partial charge on any atom is -0.378 e. The number of morpholine rings is 1. The van der Waals surface area contributed by atoms with E-state index in [-0.39, 0.29) is 5.91 Å². The molecule has 0 atom stereocenters. The number of carbonyl (C=O) groups is 1. The van der Waals surface area contributed by atoms with Crippen LogP contribution in [0.25, 0.3) is 10.2 Å². The molecule has 0 bridgehead atoms. The zero-order valence-electron chi connectivity index (χ0n) is 14.7. The van der Waals surface area contributed by atoms with Crippen molar-refractivity contribution in [2.45, 2.75) is 13.3 Å². The Labute approximate surface area is 156 Å². The first-order valence-corrected chi connectivity index (χ1v) is 9.69. The maximum absolute atomic E-state index is 12.7. The van der Waals surface area contributed by atoms with Gasteiger partial charge in [0.05, 0.1) is 29.1 Å². The number of aryl methyl sites for hydroxylation is 1. The predicted octanol–water partition coefficient (Wildman–Crippen LogP) is 3.95. The largest absolute Gasteiger partial charge is 0.378 e. The summed E-state index contributed by atoms with van der Waals surface area (Å²) in [6.07, 6.45) is 0.892. The molecule has 2 aromatic carbocycles. The summed E-state index contributed by atoms with van der Waals surface area (Å²) in [7, 11) is 0. The highest BCUT2D eigenvalue weighted by Crippen LogP contribution is 2.35. The van der Waals surface area contributed by atoms with Crippen molar-refractivity contribution in [3.05, 3.63) is 53.0 Å². The van der Waals surface area contributed by atoms with E-state index in [4.69, 9.17) is 4.74 Å². The lowest BCUT2D eigenvalue weighted by Crippen LogP contribution is -2.36. The molecule has 0 saturated carbocycles. The van der Waals surface area contributed by atoms with Crippen LogP contribution in [0, 0.1) is 0 Å². The molecule has 1 aliphatic rings. The summed E-state index contributed by atoms with van der Waals surface area (Å²) in [6, 6.07) is 13.8. The predicted molar refractivity (Wildman–Crippen MR) is 106 cm³/mol. The van der Waals surface area contributed by atoms with E-state index in [1.807, 2.05) is 30.3 Å². The monoisotopic (exact) mass is 367 g/mol. The van der Waals surface area contributed by atoms with Gasteiger partial charge in [-0.15, -0.1) is 11.3 Å². The summed E-state index contributed by atoms with van der Waals surface area (Å²) in [6.45, 7) is 5.31. The van der Waals surface area contributed by atoms with Crippen LogP contribution in [0.4, 0.5) is 11.4 Å². The molecule has 2 heterocycles. The second-order valence-corrected chi connectivity index (χ2v) is 7.21. The summed E-state index contributed by atoms with van der Waals surface area (Å²) < 4.78 is 6.56.